The number of fused-ring (bicyclic) bond motifs is 3. The van der Waals surface area contributed by atoms with Crippen LogP contribution in [0.5, 0.6) is 17.2 Å². The van der Waals surface area contributed by atoms with Crippen molar-refractivity contribution in [1.82, 2.24) is 4.57 Å². The highest BCUT2D eigenvalue weighted by atomic mass is 16.5. The molecule has 0 bridgehead atoms. The molecular weight excluding hydrogens is 318 g/mol. The lowest BCUT2D eigenvalue weighted by Crippen LogP contribution is -2.16. The quantitative estimate of drug-likeness (QED) is 0.724. The van der Waals surface area contributed by atoms with Crippen molar-refractivity contribution in [2.75, 3.05) is 27.9 Å². The Kier molecular flexibility index (Phi) is 4.01. The third-order valence-electron chi connectivity index (χ3n) is 4.75. The molecule has 0 saturated heterocycles. The van der Waals surface area contributed by atoms with Crippen LogP contribution in [-0.4, -0.2) is 32.5 Å². The van der Waals surface area contributed by atoms with E-state index in [4.69, 9.17) is 18.9 Å². The van der Waals surface area contributed by atoms with Crippen molar-refractivity contribution in [2.45, 2.75) is 13.2 Å². The predicted molar refractivity (Wildman–Crippen MR) is 96.7 cm³/mol. The minimum atomic E-state index is 0.598. The number of rotatable bonds is 4. The smallest absolute Gasteiger partial charge is 0.162 e. The van der Waals surface area contributed by atoms with Crippen molar-refractivity contribution in [3.8, 4) is 28.4 Å². The van der Waals surface area contributed by atoms with Gasteiger partial charge in [-0.1, -0.05) is 12.1 Å². The maximum Gasteiger partial charge on any atom is 0.162 e. The Morgan fingerprint density at radius 3 is 2.32 bits per heavy atom. The van der Waals surface area contributed by atoms with E-state index in [-0.39, 0.29) is 0 Å². The van der Waals surface area contributed by atoms with Crippen LogP contribution in [0.15, 0.2) is 36.4 Å². The second-order valence-electron chi connectivity index (χ2n) is 5.98. The van der Waals surface area contributed by atoms with Gasteiger partial charge in [-0.2, -0.15) is 0 Å². The minimum Gasteiger partial charge on any atom is -0.497 e. The molecule has 5 nitrogen and oxygen atoms in total. The summed E-state index contributed by atoms with van der Waals surface area (Å²) in [4.78, 5) is 0. The molecule has 0 atom stereocenters. The molecule has 0 fully saturated rings. The molecule has 2 heterocycles. The molecule has 2 aromatic carbocycles. The molecular formula is C20H21NO4. The first-order valence-electron chi connectivity index (χ1n) is 8.26. The summed E-state index contributed by atoms with van der Waals surface area (Å²) >= 11 is 0. The molecule has 0 N–H and O–H groups in total. The monoisotopic (exact) mass is 339 g/mol. The van der Waals surface area contributed by atoms with Crippen LogP contribution in [0.3, 0.4) is 0 Å². The molecule has 3 aromatic rings. The fraction of sp³-hybridized carbons (Fsp3) is 0.300. The molecule has 25 heavy (non-hydrogen) atoms. The van der Waals surface area contributed by atoms with Gasteiger partial charge in [0.25, 0.3) is 0 Å². The fourth-order valence-corrected chi connectivity index (χ4v) is 3.54. The fourth-order valence-electron chi connectivity index (χ4n) is 3.54. The van der Waals surface area contributed by atoms with E-state index < -0.39 is 0 Å². The van der Waals surface area contributed by atoms with Crippen LogP contribution in [0.25, 0.3) is 22.0 Å². The third-order valence-corrected chi connectivity index (χ3v) is 4.75. The lowest BCUT2D eigenvalue weighted by atomic mass is 10.0. The second kappa shape index (κ2) is 6.33. The van der Waals surface area contributed by atoms with Crippen molar-refractivity contribution in [3.05, 3.63) is 42.1 Å². The number of hydrogen-bond acceptors (Lipinski definition) is 4. The molecule has 1 aromatic heterocycles. The van der Waals surface area contributed by atoms with E-state index in [2.05, 4.69) is 28.8 Å². The van der Waals surface area contributed by atoms with E-state index >= 15 is 0 Å². The highest BCUT2D eigenvalue weighted by Crippen LogP contribution is 2.42. The summed E-state index contributed by atoms with van der Waals surface area (Å²) in [6.45, 7) is 2.14. The Balaban J connectivity index is 2.01. The van der Waals surface area contributed by atoms with Crippen LogP contribution in [0.4, 0.5) is 0 Å². The molecule has 0 amide bonds. The van der Waals surface area contributed by atoms with Crippen molar-refractivity contribution in [3.63, 3.8) is 0 Å². The molecule has 1 aliphatic heterocycles. The Morgan fingerprint density at radius 2 is 1.64 bits per heavy atom. The molecule has 0 unspecified atom stereocenters. The first kappa shape index (κ1) is 15.8. The van der Waals surface area contributed by atoms with E-state index in [9.17, 15) is 0 Å². The number of aromatic nitrogens is 1. The molecule has 0 spiro atoms. The van der Waals surface area contributed by atoms with Gasteiger partial charge in [-0.25, -0.2) is 0 Å². The first-order valence-corrected chi connectivity index (χ1v) is 8.26. The molecule has 0 aliphatic carbocycles. The van der Waals surface area contributed by atoms with Crippen molar-refractivity contribution in [2.24, 2.45) is 0 Å². The van der Waals surface area contributed by atoms with Gasteiger partial charge >= 0.3 is 0 Å². The normalized spacial score (nSPS) is 13.6. The van der Waals surface area contributed by atoms with Crippen molar-refractivity contribution >= 4 is 10.9 Å². The number of benzene rings is 2. The summed E-state index contributed by atoms with van der Waals surface area (Å²) in [6, 6.07) is 12.2. The summed E-state index contributed by atoms with van der Waals surface area (Å²) in [5, 5.41) is 1.14. The largest absolute Gasteiger partial charge is 0.497 e. The summed E-state index contributed by atoms with van der Waals surface area (Å²) in [5.74, 6) is 2.31. The molecule has 4 rings (SSSR count). The van der Waals surface area contributed by atoms with Crippen molar-refractivity contribution in [1.29, 1.82) is 0 Å². The Morgan fingerprint density at radius 1 is 0.920 bits per heavy atom. The molecule has 0 radical (unpaired) electrons. The van der Waals surface area contributed by atoms with Gasteiger partial charge < -0.3 is 23.5 Å². The molecule has 5 heteroatoms. The first-order chi connectivity index (χ1) is 12.3. The van der Waals surface area contributed by atoms with E-state index in [0.29, 0.717) is 13.2 Å². The maximum atomic E-state index is 5.74. The Hall–Kier alpha value is -2.66. The van der Waals surface area contributed by atoms with Crippen LogP contribution in [0.2, 0.25) is 0 Å². The zero-order valence-corrected chi connectivity index (χ0v) is 14.7. The van der Waals surface area contributed by atoms with Crippen LogP contribution in [-0.2, 0) is 17.9 Å². The van der Waals surface area contributed by atoms with Gasteiger partial charge in [0.1, 0.15) is 5.75 Å². The summed E-state index contributed by atoms with van der Waals surface area (Å²) < 4.78 is 24.4. The lowest BCUT2D eigenvalue weighted by Gasteiger charge is -2.18. The van der Waals surface area contributed by atoms with E-state index in [1.54, 1.807) is 21.3 Å². The number of methoxy groups -OCH3 is 3. The van der Waals surface area contributed by atoms with Crippen LogP contribution >= 0.6 is 0 Å². The van der Waals surface area contributed by atoms with Gasteiger partial charge in [0.05, 0.1) is 45.8 Å². The summed E-state index contributed by atoms with van der Waals surface area (Å²) in [5.41, 5.74) is 4.64. The second-order valence-corrected chi connectivity index (χ2v) is 5.98. The van der Waals surface area contributed by atoms with Gasteiger partial charge in [-0.15, -0.1) is 0 Å². The minimum absolute atomic E-state index is 0.598. The Bertz CT molecular complexity index is 912. The highest BCUT2D eigenvalue weighted by molar-refractivity contribution is 6.00. The van der Waals surface area contributed by atoms with Gasteiger partial charge in [0.2, 0.25) is 0 Å². The summed E-state index contributed by atoms with van der Waals surface area (Å²) in [6.07, 6.45) is 0. The average molecular weight is 339 g/mol. The van der Waals surface area contributed by atoms with Crippen molar-refractivity contribution < 1.29 is 18.9 Å². The summed E-state index contributed by atoms with van der Waals surface area (Å²) in [7, 11) is 5.00. The standard InChI is InChI=1S/C20H21NO4/c1-22-14-6-4-13(5-7-14)20-15-10-18(23-2)19(24-3)11-16(15)21-8-9-25-12-17(20)21/h4-7,10-11H,8-9,12H2,1-3H3. The van der Waals surface area contributed by atoms with Crippen LogP contribution < -0.4 is 14.2 Å². The van der Waals surface area contributed by atoms with Crippen LogP contribution in [0.1, 0.15) is 5.69 Å². The van der Waals surface area contributed by atoms with E-state index in [1.807, 2.05) is 12.1 Å². The maximum absolute atomic E-state index is 5.74. The Labute approximate surface area is 146 Å². The zero-order valence-electron chi connectivity index (χ0n) is 14.7. The number of ether oxygens (including phenoxy) is 4. The topological polar surface area (TPSA) is 41.9 Å². The third kappa shape index (κ3) is 2.51. The SMILES string of the molecule is COc1ccc(-c2c3n(c4cc(OC)c(OC)cc24)CCOC3)cc1. The van der Waals surface area contributed by atoms with Crippen LogP contribution in [0, 0.1) is 0 Å². The van der Waals surface area contributed by atoms with E-state index in [0.717, 1.165) is 40.3 Å². The van der Waals surface area contributed by atoms with Gasteiger partial charge in [0.15, 0.2) is 11.5 Å². The lowest BCUT2D eigenvalue weighted by molar-refractivity contribution is 0.0869. The molecule has 130 valence electrons. The molecule has 1 aliphatic rings. The highest BCUT2D eigenvalue weighted by Gasteiger charge is 2.23. The zero-order chi connectivity index (χ0) is 17.4. The molecule has 0 saturated carbocycles. The number of nitrogens with zero attached hydrogens (tertiary/aromatic N) is 1. The number of hydrogen-bond donors (Lipinski definition) is 0. The average Bonchev–Trinajstić information content (AvgIpc) is 3.00. The van der Waals surface area contributed by atoms with Gasteiger partial charge in [-0.3, -0.25) is 0 Å². The predicted octanol–water partition coefficient (Wildman–Crippen LogP) is 3.86. The van der Waals surface area contributed by atoms with E-state index in [1.165, 1.54) is 11.3 Å². The van der Waals surface area contributed by atoms with Gasteiger partial charge in [-0.05, 0) is 23.8 Å². The van der Waals surface area contributed by atoms with Gasteiger partial charge in [0, 0.05) is 23.6 Å².